The summed E-state index contributed by atoms with van der Waals surface area (Å²) < 4.78 is 10.4. The van der Waals surface area contributed by atoms with E-state index in [2.05, 4.69) is 10.5 Å². The van der Waals surface area contributed by atoms with Crippen LogP contribution in [0.3, 0.4) is 0 Å². The van der Waals surface area contributed by atoms with Crippen LogP contribution < -0.4 is 14.8 Å². The van der Waals surface area contributed by atoms with Crippen molar-refractivity contribution >= 4 is 17.3 Å². The van der Waals surface area contributed by atoms with Crippen LogP contribution in [0.5, 0.6) is 11.5 Å². The van der Waals surface area contributed by atoms with Gasteiger partial charge in [-0.3, -0.25) is 4.79 Å². The second-order valence-electron chi connectivity index (χ2n) is 5.26. The molecule has 2 aromatic rings. The minimum Gasteiger partial charge on any atom is -0.497 e. The molecule has 0 spiro atoms. The molecule has 0 saturated carbocycles. The highest BCUT2D eigenvalue weighted by Crippen LogP contribution is 2.29. The van der Waals surface area contributed by atoms with E-state index >= 15 is 0 Å². The van der Waals surface area contributed by atoms with Gasteiger partial charge in [-0.2, -0.15) is 0 Å². The summed E-state index contributed by atoms with van der Waals surface area (Å²) >= 11 is 0. The van der Waals surface area contributed by atoms with E-state index in [9.17, 15) is 4.79 Å². The lowest BCUT2D eigenvalue weighted by Crippen LogP contribution is -2.28. The number of carbonyl (C=O) groups excluding carboxylic acids is 1. The molecule has 6 heteroatoms. The molecule has 1 unspecified atom stereocenters. The fraction of sp³-hybridized carbons (Fsp3) is 0.222. The van der Waals surface area contributed by atoms with Crippen LogP contribution in [0.4, 0.5) is 5.69 Å². The van der Waals surface area contributed by atoms with Gasteiger partial charge in [0.25, 0.3) is 5.91 Å². The van der Waals surface area contributed by atoms with Crippen molar-refractivity contribution in [3.8, 4) is 11.5 Å². The van der Waals surface area contributed by atoms with Crippen LogP contribution >= 0.6 is 0 Å². The highest BCUT2D eigenvalue weighted by molar-refractivity contribution is 6.06. The van der Waals surface area contributed by atoms with Gasteiger partial charge in [0.2, 0.25) is 6.10 Å². The normalized spacial score (nSPS) is 16.1. The van der Waals surface area contributed by atoms with E-state index in [1.165, 1.54) is 0 Å². The summed E-state index contributed by atoms with van der Waals surface area (Å²) in [5.74, 6) is 0.891. The Hall–Kier alpha value is -3.02. The van der Waals surface area contributed by atoms with Crippen LogP contribution in [0, 0.1) is 0 Å². The molecule has 0 radical (unpaired) electrons. The van der Waals surface area contributed by atoms with Gasteiger partial charge >= 0.3 is 0 Å². The number of benzene rings is 2. The third-order valence-corrected chi connectivity index (χ3v) is 3.73. The van der Waals surface area contributed by atoms with Gasteiger partial charge < -0.3 is 19.6 Å². The molecule has 0 aromatic heterocycles. The average Bonchev–Trinajstić information content (AvgIpc) is 3.12. The van der Waals surface area contributed by atoms with E-state index in [1.54, 1.807) is 32.4 Å². The monoisotopic (exact) mass is 326 g/mol. The Balaban J connectivity index is 1.69. The van der Waals surface area contributed by atoms with E-state index in [0.29, 0.717) is 23.6 Å². The van der Waals surface area contributed by atoms with Crippen molar-refractivity contribution in [2.45, 2.75) is 12.5 Å². The first-order valence-corrected chi connectivity index (χ1v) is 7.52. The topological polar surface area (TPSA) is 69.2 Å². The van der Waals surface area contributed by atoms with Gasteiger partial charge in [-0.15, -0.1) is 0 Å². The van der Waals surface area contributed by atoms with Crippen LogP contribution in [-0.4, -0.2) is 31.9 Å². The van der Waals surface area contributed by atoms with Crippen molar-refractivity contribution in [3.63, 3.8) is 0 Å². The Morgan fingerprint density at radius 2 is 1.96 bits per heavy atom. The SMILES string of the molecule is COc1ccc(OC)c(NC(=O)C2CC(c3ccccc3)=NO2)c1. The number of amides is 1. The van der Waals surface area contributed by atoms with Gasteiger partial charge in [0, 0.05) is 12.5 Å². The van der Waals surface area contributed by atoms with Crippen molar-refractivity contribution in [2.75, 3.05) is 19.5 Å². The molecule has 1 amide bonds. The highest BCUT2D eigenvalue weighted by atomic mass is 16.6. The van der Waals surface area contributed by atoms with Crippen molar-refractivity contribution < 1.29 is 19.1 Å². The summed E-state index contributed by atoms with van der Waals surface area (Å²) in [6, 6.07) is 14.8. The number of rotatable bonds is 5. The molecule has 1 aliphatic heterocycles. The number of carbonyl (C=O) groups is 1. The molecule has 3 rings (SSSR count). The first-order chi connectivity index (χ1) is 11.7. The Kier molecular flexibility index (Phi) is 4.65. The van der Waals surface area contributed by atoms with Crippen molar-refractivity contribution in [3.05, 3.63) is 54.1 Å². The predicted octanol–water partition coefficient (Wildman–Crippen LogP) is 2.84. The summed E-state index contributed by atoms with van der Waals surface area (Å²) in [6.07, 6.45) is -0.251. The van der Waals surface area contributed by atoms with Crippen LogP contribution in [0.1, 0.15) is 12.0 Å². The van der Waals surface area contributed by atoms with Gasteiger partial charge in [0.15, 0.2) is 0 Å². The number of nitrogens with one attached hydrogen (secondary N) is 1. The largest absolute Gasteiger partial charge is 0.497 e. The molecule has 0 aliphatic carbocycles. The summed E-state index contributed by atoms with van der Waals surface area (Å²) in [4.78, 5) is 17.7. The van der Waals surface area contributed by atoms with Crippen molar-refractivity contribution in [1.29, 1.82) is 0 Å². The second-order valence-corrected chi connectivity index (χ2v) is 5.26. The molecular weight excluding hydrogens is 308 g/mol. The third kappa shape index (κ3) is 3.32. The third-order valence-electron chi connectivity index (χ3n) is 3.73. The number of nitrogens with zero attached hydrogens (tertiary/aromatic N) is 1. The lowest BCUT2D eigenvalue weighted by molar-refractivity contribution is -0.125. The summed E-state index contributed by atoms with van der Waals surface area (Å²) in [5, 5.41) is 6.83. The molecule has 1 aliphatic rings. The van der Waals surface area contributed by atoms with Gasteiger partial charge in [0.1, 0.15) is 11.5 Å². The molecule has 124 valence electrons. The Morgan fingerprint density at radius 1 is 1.17 bits per heavy atom. The number of hydrogen-bond donors (Lipinski definition) is 1. The highest BCUT2D eigenvalue weighted by Gasteiger charge is 2.29. The van der Waals surface area contributed by atoms with Gasteiger partial charge in [-0.1, -0.05) is 35.5 Å². The first-order valence-electron chi connectivity index (χ1n) is 7.52. The number of hydrogen-bond acceptors (Lipinski definition) is 5. The molecule has 0 bridgehead atoms. The molecule has 1 heterocycles. The molecule has 24 heavy (non-hydrogen) atoms. The lowest BCUT2D eigenvalue weighted by atomic mass is 10.0. The molecule has 6 nitrogen and oxygen atoms in total. The molecule has 1 N–H and O–H groups in total. The Labute approximate surface area is 140 Å². The first kappa shape index (κ1) is 15.9. The predicted molar refractivity (Wildman–Crippen MR) is 90.6 cm³/mol. The number of anilines is 1. The molecule has 2 aromatic carbocycles. The van der Waals surface area contributed by atoms with E-state index in [0.717, 1.165) is 11.3 Å². The smallest absolute Gasteiger partial charge is 0.268 e. The average molecular weight is 326 g/mol. The van der Waals surface area contributed by atoms with Gasteiger partial charge in [-0.25, -0.2) is 0 Å². The fourth-order valence-electron chi connectivity index (χ4n) is 2.44. The minimum atomic E-state index is -0.670. The molecule has 0 fully saturated rings. The van der Waals surface area contributed by atoms with Crippen molar-refractivity contribution in [1.82, 2.24) is 0 Å². The van der Waals surface area contributed by atoms with Crippen LogP contribution in [0.25, 0.3) is 0 Å². The Bertz CT molecular complexity index is 759. The molecular formula is C18H18N2O4. The fourth-order valence-corrected chi connectivity index (χ4v) is 2.44. The standard InChI is InChI=1S/C18H18N2O4/c1-22-13-8-9-16(23-2)15(10-13)19-18(21)17-11-14(20-24-17)12-6-4-3-5-7-12/h3-10,17H,11H2,1-2H3,(H,19,21). The second kappa shape index (κ2) is 7.04. The zero-order valence-electron chi connectivity index (χ0n) is 13.5. The maximum absolute atomic E-state index is 12.5. The minimum absolute atomic E-state index is 0.281. The van der Waals surface area contributed by atoms with Crippen molar-refractivity contribution in [2.24, 2.45) is 5.16 Å². The maximum Gasteiger partial charge on any atom is 0.268 e. The van der Waals surface area contributed by atoms with Crippen LogP contribution in [0.15, 0.2) is 53.7 Å². The van der Waals surface area contributed by atoms with E-state index < -0.39 is 6.10 Å². The van der Waals surface area contributed by atoms with E-state index in [-0.39, 0.29) is 5.91 Å². The summed E-state index contributed by atoms with van der Waals surface area (Å²) in [6.45, 7) is 0. The lowest BCUT2D eigenvalue weighted by Gasteiger charge is -2.13. The number of methoxy groups -OCH3 is 2. The summed E-state index contributed by atoms with van der Waals surface area (Å²) in [5.41, 5.74) is 2.23. The van der Waals surface area contributed by atoms with Gasteiger partial charge in [-0.05, 0) is 17.7 Å². The van der Waals surface area contributed by atoms with Crippen LogP contribution in [-0.2, 0) is 9.63 Å². The zero-order chi connectivity index (χ0) is 16.9. The van der Waals surface area contributed by atoms with E-state index in [4.69, 9.17) is 14.3 Å². The quantitative estimate of drug-likeness (QED) is 0.917. The van der Waals surface area contributed by atoms with Gasteiger partial charge in [0.05, 0.1) is 25.6 Å². The number of oxime groups is 1. The zero-order valence-corrected chi connectivity index (χ0v) is 13.5. The van der Waals surface area contributed by atoms with Crippen LogP contribution in [0.2, 0.25) is 0 Å². The maximum atomic E-state index is 12.5. The number of ether oxygens (including phenoxy) is 2. The van der Waals surface area contributed by atoms with E-state index in [1.807, 2.05) is 30.3 Å². The Morgan fingerprint density at radius 3 is 2.67 bits per heavy atom. The summed E-state index contributed by atoms with van der Waals surface area (Å²) in [7, 11) is 3.10. The molecule has 0 saturated heterocycles. The molecule has 1 atom stereocenters.